The molecule has 3 N–H and O–H groups in total. The number of amides is 1. The monoisotopic (exact) mass is 503 g/mol. The number of aromatic nitrogens is 8. The summed E-state index contributed by atoms with van der Waals surface area (Å²) in [6, 6.07) is 7.75. The van der Waals surface area contributed by atoms with E-state index in [2.05, 4.69) is 40.4 Å². The average Bonchev–Trinajstić information content (AvgIpc) is 3.51. The Hall–Kier alpha value is -4.99. The fourth-order valence-electron chi connectivity index (χ4n) is 4.38. The molecule has 0 aromatic carbocycles. The molecule has 38 heavy (non-hydrogen) atoms. The Labute approximate surface area is 218 Å². The van der Waals surface area contributed by atoms with Gasteiger partial charge in [0.1, 0.15) is 5.69 Å². The Morgan fingerprint density at radius 3 is 2.53 bits per heavy atom. The molecule has 0 unspecified atom stereocenters. The van der Waals surface area contributed by atoms with Gasteiger partial charge in [0.15, 0.2) is 11.5 Å². The van der Waals surface area contributed by atoms with Gasteiger partial charge in [-0.3, -0.25) is 24.8 Å². The van der Waals surface area contributed by atoms with Gasteiger partial charge < -0.3 is 10.3 Å². The van der Waals surface area contributed by atoms with Crippen LogP contribution >= 0.6 is 0 Å². The van der Waals surface area contributed by atoms with Crippen molar-refractivity contribution >= 4 is 33.7 Å². The van der Waals surface area contributed by atoms with Gasteiger partial charge in [0, 0.05) is 54.1 Å². The summed E-state index contributed by atoms with van der Waals surface area (Å²) in [5, 5.41) is 11.3. The number of aromatic amines is 2. The second-order valence-corrected chi connectivity index (χ2v) is 10.3. The first-order valence-electron chi connectivity index (χ1n) is 12.2. The minimum atomic E-state index is -0.104. The van der Waals surface area contributed by atoms with Gasteiger partial charge in [-0.15, -0.1) is 0 Å². The predicted molar refractivity (Wildman–Crippen MR) is 146 cm³/mol. The van der Waals surface area contributed by atoms with Crippen molar-refractivity contribution in [3.63, 3.8) is 0 Å². The minimum absolute atomic E-state index is 0.0485. The molecule has 6 aromatic heterocycles. The van der Waals surface area contributed by atoms with Crippen molar-refractivity contribution < 1.29 is 4.79 Å². The zero-order valence-corrected chi connectivity index (χ0v) is 21.1. The molecule has 0 atom stereocenters. The quantitative estimate of drug-likeness (QED) is 0.286. The standard InChI is InChI=1S/C28H25N9O/c1-28(2,3)10-23(38)33-19-8-17(11-30-13-19)18-9-20-25(36-37-26(20)32-12-18)27-34-22-15-31-14-21(24(22)35-27)16-4-6-29-7-5-16/h4-9,11-15H,10H2,1-3H3,(H,33,38)(H,34,35)(H,32,36,37). The molecule has 1 amide bonds. The maximum atomic E-state index is 12.4. The summed E-state index contributed by atoms with van der Waals surface area (Å²) < 4.78 is 0. The average molecular weight is 504 g/mol. The van der Waals surface area contributed by atoms with E-state index in [1.165, 1.54) is 0 Å². The maximum Gasteiger partial charge on any atom is 0.224 e. The Morgan fingerprint density at radius 2 is 1.71 bits per heavy atom. The molecule has 6 aromatic rings. The van der Waals surface area contributed by atoms with Gasteiger partial charge in [0.2, 0.25) is 5.91 Å². The Balaban J connectivity index is 1.36. The van der Waals surface area contributed by atoms with Crippen LogP contribution in [0.15, 0.2) is 67.6 Å². The molecular formula is C28H25N9O. The van der Waals surface area contributed by atoms with Crippen molar-refractivity contribution in [2.45, 2.75) is 27.2 Å². The highest BCUT2D eigenvalue weighted by atomic mass is 16.1. The summed E-state index contributed by atoms with van der Waals surface area (Å²) in [5.41, 5.74) is 6.97. The highest BCUT2D eigenvalue weighted by molar-refractivity contribution is 5.97. The SMILES string of the molecule is CC(C)(C)CC(=O)Nc1cncc(-c2cnc3[nH]nc(-c4nc5c(-c6ccncc6)cncc5[nH]4)c3c2)c1. The maximum absolute atomic E-state index is 12.4. The normalized spacial score (nSPS) is 11.8. The van der Waals surface area contributed by atoms with Gasteiger partial charge in [-0.25, -0.2) is 9.97 Å². The van der Waals surface area contributed by atoms with Crippen molar-refractivity contribution in [1.29, 1.82) is 0 Å². The van der Waals surface area contributed by atoms with Crippen LogP contribution in [0.2, 0.25) is 0 Å². The Bertz CT molecular complexity index is 1780. The fraction of sp³-hybridized carbons (Fsp3) is 0.179. The number of carbonyl (C=O) groups is 1. The van der Waals surface area contributed by atoms with Gasteiger partial charge in [-0.1, -0.05) is 20.8 Å². The van der Waals surface area contributed by atoms with E-state index in [0.717, 1.165) is 38.7 Å². The van der Waals surface area contributed by atoms with Crippen LogP contribution in [0.4, 0.5) is 5.69 Å². The number of fused-ring (bicyclic) bond motifs is 2. The molecule has 0 fully saturated rings. The van der Waals surface area contributed by atoms with E-state index in [-0.39, 0.29) is 11.3 Å². The largest absolute Gasteiger partial charge is 0.335 e. The van der Waals surface area contributed by atoms with E-state index in [4.69, 9.17) is 4.98 Å². The smallest absolute Gasteiger partial charge is 0.224 e. The van der Waals surface area contributed by atoms with Gasteiger partial charge in [-0.05, 0) is 35.2 Å². The molecule has 188 valence electrons. The molecule has 0 saturated heterocycles. The highest BCUT2D eigenvalue weighted by Gasteiger charge is 2.18. The molecule has 10 heteroatoms. The van der Waals surface area contributed by atoms with Crippen molar-refractivity contribution in [1.82, 2.24) is 40.1 Å². The molecule has 0 bridgehead atoms. The summed E-state index contributed by atoms with van der Waals surface area (Å²) in [5.74, 6) is 0.558. The number of anilines is 1. The number of pyridine rings is 4. The lowest BCUT2D eigenvalue weighted by Gasteiger charge is -2.17. The fourth-order valence-corrected chi connectivity index (χ4v) is 4.38. The van der Waals surface area contributed by atoms with Gasteiger partial charge >= 0.3 is 0 Å². The van der Waals surface area contributed by atoms with E-state index in [9.17, 15) is 4.79 Å². The first kappa shape index (κ1) is 23.4. The number of nitrogens with zero attached hydrogens (tertiary/aromatic N) is 6. The summed E-state index contributed by atoms with van der Waals surface area (Å²) in [7, 11) is 0. The Kier molecular flexibility index (Phi) is 5.64. The number of imidazole rings is 1. The van der Waals surface area contributed by atoms with Gasteiger partial charge in [-0.2, -0.15) is 5.10 Å². The van der Waals surface area contributed by atoms with Crippen LogP contribution in [0.5, 0.6) is 0 Å². The first-order valence-corrected chi connectivity index (χ1v) is 12.2. The summed E-state index contributed by atoms with van der Waals surface area (Å²) >= 11 is 0. The molecule has 10 nitrogen and oxygen atoms in total. The van der Waals surface area contributed by atoms with E-state index < -0.39 is 0 Å². The van der Waals surface area contributed by atoms with Crippen LogP contribution in [0.25, 0.3) is 55.8 Å². The van der Waals surface area contributed by atoms with Crippen LogP contribution in [0.1, 0.15) is 27.2 Å². The van der Waals surface area contributed by atoms with Gasteiger partial charge in [0.25, 0.3) is 0 Å². The molecular weight excluding hydrogens is 478 g/mol. The third-order valence-corrected chi connectivity index (χ3v) is 6.07. The lowest BCUT2D eigenvalue weighted by Crippen LogP contribution is -2.19. The van der Waals surface area contributed by atoms with Crippen LogP contribution in [0, 0.1) is 5.41 Å². The number of hydrogen-bond acceptors (Lipinski definition) is 7. The van der Waals surface area contributed by atoms with Crippen LogP contribution in [-0.2, 0) is 4.79 Å². The lowest BCUT2D eigenvalue weighted by molar-refractivity contribution is -0.117. The van der Waals surface area contributed by atoms with Crippen molar-refractivity contribution in [2.75, 3.05) is 5.32 Å². The summed E-state index contributed by atoms with van der Waals surface area (Å²) in [4.78, 5) is 38.0. The molecule has 0 aliphatic rings. The number of nitrogens with one attached hydrogen (secondary N) is 3. The van der Waals surface area contributed by atoms with Crippen molar-refractivity contribution in [3.8, 4) is 33.8 Å². The predicted octanol–water partition coefficient (Wildman–Crippen LogP) is 5.39. The molecule has 0 spiro atoms. The number of hydrogen-bond donors (Lipinski definition) is 3. The molecule has 6 rings (SSSR count). The van der Waals surface area contributed by atoms with E-state index in [1.54, 1.807) is 43.4 Å². The first-order chi connectivity index (χ1) is 18.3. The van der Waals surface area contributed by atoms with Crippen LogP contribution < -0.4 is 5.32 Å². The van der Waals surface area contributed by atoms with Crippen LogP contribution in [0.3, 0.4) is 0 Å². The third-order valence-electron chi connectivity index (χ3n) is 6.07. The van der Waals surface area contributed by atoms with E-state index >= 15 is 0 Å². The number of rotatable bonds is 5. The molecule has 0 aliphatic heterocycles. The molecule has 6 heterocycles. The zero-order valence-electron chi connectivity index (χ0n) is 21.1. The molecule has 0 saturated carbocycles. The Morgan fingerprint density at radius 1 is 0.921 bits per heavy atom. The number of H-pyrrole nitrogens is 2. The lowest BCUT2D eigenvalue weighted by atomic mass is 9.92. The van der Waals surface area contributed by atoms with E-state index in [1.807, 2.05) is 45.0 Å². The van der Waals surface area contributed by atoms with Crippen LogP contribution in [-0.4, -0.2) is 46.0 Å². The highest BCUT2D eigenvalue weighted by Crippen LogP contribution is 2.32. The summed E-state index contributed by atoms with van der Waals surface area (Å²) in [6.07, 6.45) is 12.6. The van der Waals surface area contributed by atoms with E-state index in [0.29, 0.717) is 29.3 Å². The second kappa shape index (κ2) is 9.15. The minimum Gasteiger partial charge on any atom is -0.335 e. The van der Waals surface area contributed by atoms with Crippen molar-refractivity contribution in [3.05, 3.63) is 67.6 Å². The third kappa shape index (κ3) is 4.59. The topological polar surface area (TPSA) is 138 Å². The number of carbonyl (C=O) groups excluding carboxylic acids is 1. The molecule has 0 radical (unpaired) electrons. The summed E-state index contributed by atoms with van der Waals surface area (Å²) in [6.45, 7) is 6.09. The van der Waals surface area contributed by atoms with Gasteiger partial charge in [0.05, 0.1) is 34.5 Å². The zero-order chi connectivity index (χ0) is 26.3. The second-order valence-electron chi connectivity index (χ2n) is 10.3. The van der Waals surface area contributed by atoms with Crippen molar-refractivity contribution in [2.24, 2.45) is 5.41 Å². The molecule has 0 aliphatic carbocycles.